The summed E-state index contributed by atoms with van der Waals surface area (Å²) in [7, 11) is 0. The number of anilines is 6. The van der Waals surface area contributed by atoms with Crippen LogP contribution in [0.2, 0.25) is 0 Å². The average molecular weight is 1120 g/mol. The van der Waals surface area contributed by atoms with Crippen LogP contribution in [0.15, 0.2) is 352 Å². The maximum atomic E-state index is 2.49. The van der Waals surface area contributed by atoms with Crippen molar-refractivity contribution in [2.75, 3.05) is 9.80 Å². The molecule has 0 amide bonds. The highest BCUT2D eigenvalue weighted by Crippen LogP contribution is 2.59. The third-order valence-electron chi connectivity index (χ3n) is 19.0. The first kappa shape index (κ1) is 51.1. The molecule has 0 spiro atoms. The lowest BCUT2D eigenvalue weighted by molar-refractivity contribution is 0.768. The van der Waals surface area contributed by atoms with E-state index in [1.54, 1.807) is 0 Å². The van der Waals surface area contributed by atoms with E-state index in [1.807, 2.05) is 0 Å². The van der Waals surface area contributed by atoms with Crippen LogP contribution in [0.3, 0.4) is 0 Å². The topological polar surface area (TPSA) is 6.48 Å². The minimum Gasteiger partial charge on any atom is -0.310 e. The van der Waals surface area contributed by atoms with Gasteiger partial charge in [0.1, 0.15) is 0 Å². The Morgan fingerprint density at radius 3 is 1.05 bits per heavy atom. The molecule has 0 saturated carbocycles. The molecule has 2 nitrogen and oxygen atoms in total. The van der Waals surface area contributed by atoms with E-state index >= 15 is 0 Å². The van der Waals surface area contributed by atoms with Gasteiger partial charge in [0, 0.05) is 33.8 Å². The van der Waals surface area contributed by atoms with Gasteiger partial charge in [-0.2, -0.15) is 0 Å². The zero-order valence-corrected chi connectivity index (χ0v) is 48.4. The number of nitrogens with zero attached hydrogens (tertiary/aromatic N) is 2. The molecule has 2 aliphatic carbocycles. The second-order valence-electron chi connectivity index (χ2n) is 23.5. The third kappa shape index (κ3) is 7.89. The van der Waals surface area contributed by atoms with Crippen LogP contribution in [0.25, 0.3) is 65.7 Å². The molecule has 0 radical (unpaired) electrons. The molecule has 0 aromatic heterocycles. The Labute approximate surface area is 513 Å². The van der Waals surface area contributed by atoms with Crippen LogP contribution in [-0.2, 0) is 10.8 Å². The van der Waals surface area contributed by atoms with Crippen molar-refractivity contribution >= 4 is 66.4 Å². The number of rotatable bonds is 11. The van der Waals surface area contributed by atoms with Crippen LogP contribution in [0.5, 0.6) is 0 Å². The van der Waals surface area contributed by atoms with E-state index in [0.717, 1.165) is 45.1 Å². The molecule has 88 heavy (non-hydrogen) atoms. The Hall–Kier alpha value is -11.3. The zero-order chi connectivity index (χ0) is 58.2. The lowest BCUT2D eigenvalue weighted by Crippen LogP contribution is -2.28. The van der Waals surface area contributed by atoms with Crippen molar-refractivity contribution in [3.05, 3.63) is 396 Å². The molecule has 0 saturated heterocycles. The van der Waals surface area contributed by atoms with Crippen LogP contribution in [-0.4, -0.2) is 0 Å². The summed E-state index contributed by atoms with van der Waals surface area (Å²) in [4.78, 5) is 4.94. The van der Waals surface area contributed by atoms with Crippen molar-refractivity contribution in [3.63, 3.8) is 0 Å². The molecular weight excluding hydrogens is 1060 g/mol. The van der Waals surface area contributed by atoms with Gasteiger partial charge in [-0.3, -0.25) is 0 Å². The molecule has 15 aromatic carbocycles. The second kappa shape index (κ2) is 20.7. The quantitative estimate of drug-likeness (QED) is 0.127. The van der Waals surface area contributed by atoms with Gasteiger partial charge in [0.05, 0.1) is 16.5 Å². The van der Waals surface area contributed by atoms with Gasteiger partial charge in [-0.25, -0.2) is 0 Å². The fourth-order valence-electron chi connectivity index (χ4n) is 15.2. The monoisotopic (exact) mass is 1120 g/mol. The van der Waals surface area contributed by atoms with Crippen molar-refractivity contribution in [2.24, 2.45) is 0 Å². The minimum atomic E-state index is -0.553. The van der Waals surface area contributed by atoms with Crippen LogP contribution < -0.4 is 9.80 Å². The van der Waals surface area contributed by atoms with Gasteiger partial charge in [-0.15, -0.1) is 0 Å². The Morgan fingerprint density at radius 1 is 0.193 bits per heavy atom. The summed E-state index contributed by atoms with van der Waals surface area (Å²) in [5.74, 6) is 0. The molecule has 0 unspecified atom stereocenters. The van der Waals surface area contributed by atoms with Crippen molar-refractivity contribution in [3.8, 4) is 33.4 Å². The summed E-state index contributed by atoms with van der Waals surface area (Å²) in [6.07, 6.45) is 0. The predicted octanol–water partition coefficient (Wildman–Crippen LogP) is 22.5. The SMILES string of the molecule is c1ccc(C2(c3ccccc3)c3ccccc3-c3ccc(N(c4ccc(-c5cccc6c(N(c7ccc8c(c7)C(c7ccccc7)(c7ccccc7)c7ccccc7-8)c7ccc8ccccc8c7)cccc56)cc4)c4ccc5ccccc5c4)cc32)cc1. The van der Waals surface area contributed by atoms with E-state index in [9.17, 15) is 0 Å². The van der Waals surface area contributed by atoms with E-state index in [-0.39, 0.29) is 0 Å². The predicted molar refractivity (Wildman–Crippen MR) is 368 cm³/mol. The molecule has 0 heterocycles. The summed E-state index contributed by atoms with van der Waals surface area (Å²) in [5, 5.41) is 7.14. The van der Waals surface area contributed by atoms with Crippen LogP contribution in [0.4, 0.5) is 34.1 Å². The Kier molecular flexibility index (Phi) is 12.0. The highest BCUT2D eigenvalue weighted by molar-refractivity contribution is 6.07. The number of hydrogen-bond acceptors (Lipinski definition) is 2. The molecule has 412 valence electrons. The number of benzene rings is 15. The van der Waals surface area contributed by atoms with E-state index < -0.39 is 10.8 Å². The first-order chi connectivity index (χ1) is 43.6. The minimum absolute atomic E-state index is 0.540. The smallest absolute Gasteiger partial charge is 0.0714 e. The molecule has 0 aliphatic heterocycles. The van der Waals surface area contributed by atoms with Gasteiger partial charge in [0.15, 0.2) is 0 Å². The third-order valence-corrected chi connectivity index (χ3v) is 19.0. The second-order valence-corrected chi connectivity index (χ2v) is 23.5. The van der Waals surface area contributed by atoms with Gasteiger partial charge >= 0.3 is 0 Å². The molecule has 2 heteroatoms. The largest absolute Gasteiger partial charge is 0.310 e. The van der Waals surface area contributed by atoms with Crippen molar-refractivity contribution in [2.45, 2.75) is 10.8 Å². The van der Waals surface area contributed by atoms with Gasteiger partial charge in [-0.1, -0.05) is 285 Å². The number of hydrogen-bond donors (Lipinski definition) is 0. The van der Waals surface area contributed by atoms with Gasteiger partial charge in [-0.05, 0) is 172 Å². The molecule has 0 N–H and O–H groups in total. The molecule has 15 aromatic rings. The summed E-state index contributed by atoms with van der Waals surface area (Å²) in [6, 6.07) is 131. The Morgan fingerprint density at radius 2 is 0.545 bits per heavy atom. The molecule has 2 aliphatic rings. The average Bonchev–Trinajstić information content (AvgIpc) is 1.75. The first-order valence-corrected chi connectivity index (χ1v) is 30.6. The summed E-state index contributed by atoms with van der Waals surface area (Å²) < 4.78 is 0. The molecule has 0 atom stereocenters. The standard InChI is InChI=1S/C86H58N2/c1-5-27-64(28-6-1)85(65-29-7-2-8-30-65)80-40-19-17-35-75(80)77-53-51-71(57-82(77)85)87(69-49-43-59-23-13-15-25-62(59)55-69)68-47-45-61(46-48-68)73-37-21-39-79-74(73)38-22-42-84(79)88(70-50-44-60-24-14-16-26-63(60)56-70)72-52-54-78-76-36-18-20-41-81(76)86(83(78)58-72,66-31-9-3-10-32-66)67-33-11-4-12-34-67/h1-58H. The summed E-state index contributed by atoms with van der Waals surface area (Å²) in [5.41, 5.74) is 22.9. The van der Waals surface area contributed by atoms with Crippen LogP contribution >= 0.6 is 0 Å². The van der Waals surface area contributed by atoms with Crippen LogP contribution in [0.1, 0.15) is 44.5 Å². The van der Waals surface area contributed by atoms with Gasteiger partial charge < -0.3 is 9.80 Å². The van der Waals surface area contributed by atoms with E-state index in [2.05, 4.69) is 362 Å². The normalized spacial score (nSPS) is 13.2. The summed E-state index contributed by atoms with van der Waals surface area (Å²) in [6.45, 7) is 0. The van der Waals surface area contributed by atoms with Gasteiger partial charge in [0.25, 0.3) is 0 Å². The van der Waals surface area contributed by atoms with Crippen molar-refractivity contribution in [1.82, 2.24) is 0 Å². The molecule has 0 bridgehead atoms. The van der Waals surface area contributed by atoms with E-state index in [1.165, 1.54) is 99.3 Å². The Balaban J connectivity index is 0.823. The van der Waals surface area contributed by atoms with Crippen molar-refractivity contribution < 1.29 is 0 Å². The first-order valence-electron chi connectivity index (χ1n) is 30.6. The zero-order valence-electron chi connectivity index (χ0n) is 48.4. The molecule has 17 rings (SSSR count). The van der Waals surface area contributed by atoms with E-state index in [0.29, 0.717) is 0 Å². The van der Waals surface area contributed by atoms with E-state index in [4.69, 9.17) is 0 Å². The highest BCUT2D eigenvalue weighted by atomic mass is 15.1. The fraction of sp³-hybridized carbons (Fsp3) is 0.0233. The highest BCUT2D eigenvalue weighted by Gasteiger charge is 2.48. The molecular formula is C86H58N2. The van der Waals surface area contributed by atoms with Crippen LogP contribution in [0, 0.1) is 0 Å². The maximum Gasteiger partial charge on any atom is 0.0714 e. The fourth-order valence-corrected chi connectivity index (χ4v) is 15.2. The maximum absolute atomic E-state index is 2.49. The number of fused-ring (bicyclic) bond motifs is 9. The molecule has 0 fully saturated rings. The lowest BCUT2D eigenvalue weighted by atomic mass is 9.67. The summed E-state index contributed by atoms with van der Waals surface area (Å²) >= 11 is 0. The van der Waals surface area contributed by atoms with Crippen molar-refractivity contribution in [1.29, 1.82) is 0 Å². The Bertz CT molecular complexity index is 5070. The lowest BCUT2D eigenvalue weighted by Gasteiger charge is -2.35. The van der Waals surface area contributed by atoms with Gasteiger partial charge in [0.2, 0.25) is 0 Å².